The summed E-state index contributed by atoms with van der Waals surface area (Å²) in [4.78, 5) is 0.839. The van der Waals surface area contributed by atoms with Crippen molar-refractivity contribution >= 4 is 11.3 Å². The molecule has 0 saturated heterocycles. The van der Waals surface area contributed by atoms with Gasteiger partial charge in [0.25, 0.3) is 0 Å². The van der Waals surface area contributed by atoms with Crippen molar-refractivity contribution in [3.8, 4) is 0 Å². The molecule has 4 N–H and O–H groups in total. The van der Waals surface area contributed by atoms with Crippen molar-refractivity contribution in [2.45, 2.75) is 12.6 Å². The molecule has 0 fully saturated rings. The third-order valence-corrected chi connectivity index (χ3v) is 2.44. The first-order valence-corrected chi connectivity index (χ1v) is 4.21. The summed E-state index contributed by atoms with van der Waals surface area (Å²) >= 11 is 1.45. The average Bonchev–Trinajstić information content (AvgIpc) is 2.50. The fourth-order valence-electron chi connectivity index (χ4n) is 0.908. The maximum absolute atomic E-state index is 8.82. The minimum Gasteiger partial charge on any atom is -0.394 e. The summed E-state index contributed by atoms with van der Waals surface area (Å²) in [5, 5.41) is 19.4. The maximum atomic E-state index is 8.82. The molecular weight excluding hydrogens is 162 g/mol. The highest BCUT2D eigenvalue weighted by molar-refractivity contribution is 7.10. The number of thiophene rings is 1. The minimum absolute atomic E-state index is 0.000694. The van der Waals surface area contributed by atoms with Crippen LogP contribution in [0.4, 0.5) is 0 Å². The van der Waals surface area contributed by atoms with Crippen LogP contribution in [-0.2, 0) is 6.61 Å². The second kappa shape index (κ2) is 3.82. The number of rotatable bonds is 3. The van der Waals surface area contributed by atoms with E-state index in [1.54, 1.807) is 0 Å². The molecule has 3 nitrogen and oxygen atoms in total. The van der Waals surface area contributed by atoms with Crippen LogP contribution in [0.1, 0.15) is 16.5 Å². The standard InChI is InChI=1S/C7H11NO2S/c8-6(3-9)5-1-2-11-7(5)4-10/h1-2,6,9-10H,3-4,8H2/t6-/m0/s1. The van der Waals surface area contributed by atoms with E-state index in [-0.39, 0.29) is 19.3 Å². The predicted molar refractivity (Wildman–Crippen MR) is 44.3 cm³/mol. The summed E-state index contributed by atoms with van der Waals surface area (Å²) in [6.07, 6.45) is 0. The first-order chi connectivity index (χ1) is 5.29. The van der Waals surface area contributed by atoms with Gasteiger partial charge in [0.05, 0.1) is 19.3 Å². The summed E-state index contributed by atoms with van der Waals surface area (Å²) in [7, 11) is 0. The number of hydrogen-bond acceptors (Lipinski definition) is 4. The van der Waals surface area contributed by atoms with E-state index in [0.717, 1.165) is 10.4 Å². The lowest BCUT2D eigenvalue weighted by Gasteiger charge is -2.07. The first kappa shape index (κ1) is 8.67. The van der Waals surface area contributed by atoms with E-state index < -0.39 is 0 Å². The van der Waals surface area contributed by atoms with Crippen LogP contribution in [0.5, 0.6) is 0 Å². The van der Waals surface area contributed by atoms with Gasteiger partial charge >= 0.3 is 0 Å². The molecule has 0 saturated carbocycles. The van der Waals surface area contributed by atoms with Crippen LogP contribution in [0.3, 0.4) is 0 Å². The molecule has 1 aromatic heterocycles. The van der Waals surface area contributed by atoms with Gasteiger partial charge in [-0.2, -0.15) is 0 Å². The Morgan fingerprint density at radius 3 is 2.82 bits per heavy atom. The van der Waals surface area contributed by atoms with Crippen molar-refractivity contribution in [3.05, 3.63) is 21.9 Å². The zero-order valence-electron chi connectivity index (χ0n) is 6.03. The zero-order valence-corrected chi connectivity index (χ0v) is 6.84. The molecule has 62 valence electrons. The van der Waals surface area contributed by atoms with Crippen LogP contribution in [0.2, 0.25) is 0 Å². The first-order valence-electron chi connectivity index (χ1n) is 3.33. The Morgan fingerprint density at radius 1 is 1.55 bits per heavy atom. The number of hydrogen-bond donors (Lipinski definition) is 3. The van der Waals surface area contributed by atoms with Crippen LogP contribution in [0.15, 0.2) is 11.4 Å². The van der Waals surface area contributed by atoms with E-state index in [9.17, 15) is 0 Å². The molecule has 0 aromatic carbocycles. The van der Waals surface area contributed by atoms with Gasteiger partial charge in [-0.1, -0.05) is 0 Å². The molecule has 0 aliphatic rings. The van der Waals surface area contributed by atoms with Gasteiger partial charge in [0, 0.05) is 4.88 Å². The normalized spacial score (nSPS) is 13.4. The summed E-state index contributed by atoms with van der Waals surface area (Å²) in [6.45, 7) is -0.0789. The molecule has 0 aliphatic carbocycles. The fraction of sp³-hybridized carbons (Fsp3) is 0.429. The largest absolute Gasteiger partial charge is 0.394 e. The summed E-state index contributed by atoms with van der Waals surface area (Å²) in [5.74, 6) is 0. The van der Waals surface area contributed by atoms with Gasteiger partial charge in [0.15, 0.2) is 0 Å². The van der Waals surface area contributed by atoms with Gasteiger partial charge < -0.3 is 15.9 Å². The van der Waals surface area contributed by atoms with E-state index in [4.69, 9.17) is 15.9 Å². The molecule has 11 heavy (non-hydrogen) atoms. The van der Waals surface area contributed by atoms with Crippen LogP contribution in [0, 0.1) is 0 Å². The topological polar surface area (TPSA) is 66.5 Å². The molecule has 1 rings (SSSR count). The van der Waals surface area contributed by atoms with Gasteiger partial charge in [-0.3, -0.25) is 0 Å². The van der Waals surface area contributed by atoms with Gasteiger partial charge in [-0.15, -0.1) is 11.3 Å². The summed E-state index contributed by atoms with van der Waals surface area (Å²) in [6, 6.07) is 1.47. The zero-order chi connectivity index (χ0) is 8.27. The van der Waals surface area contributed by atoms with Gasteiger partial charge in [-0.05, 0) is 17.0 Å². The molecule has 0 bridgehead atoms. The number of aliphatic hydroxyl groups excluding tert-OH is 2. The van der Waals surface area contributed by atoms with Crippen molar-refractivity contribution in [3.63, 3.8) is 0 Å². The second-order valence-corrected chi connectivity index (χ2v) is 3.25. The maximum Gasteiger partial charge on any atom is 0.0777 e. The van der Waals surface area contributed by atoms with Crippen LogP contribution in [-0.4, -0.2) is 16.8 Å². The molecule has 4 heteroatoms. The van der Waals surface area contributed by atoms with Crippen molar-refractivity contribution < 1.29 is 10.2 Å². The molecular formula is C7H11NO2S. The van der Waals surface area contributed by atoms with E-state index in [2.05, 4.69) is 0 Å². The molecule has 1 atom stereocenters. The van der Waals surface area contributed by atoms with Crippen molar-refractivity contribution in [1.29, 1.82) is 0 Å². The highest BCUT2D eigenvalue weighted by Crippen LogP contribution is 2.21. The molecule has 0 radical (unpaired) electrons. The molecule has 0 aliphatic heterocycles. The third-order valence-electron chi connectivity index (χ3n) is 1.52. The van der Waals surface area contributed by atoms with E-state index >= 15 is 0 Å². The Morgan fingerprint density at radius 2 is 2.27 bits per heavy atom. The predicted octanol–water partition coefficient (Wildman–Crippen LogP) is 0.232. The van der Waals surface area contributed by atoms with E-state index in [0.29, 0.717) is 0 Å². The summed E-state index contributed by atoms with van der Waals surface area (Å²) in [5.41, 5.74) is 6.41. The van der Waals surface area contributed by atoms with Crippen molar-refractivity contribution in [2.75, 3.05) is 6.61 Å². The Labute approximate surface area is 69.1 Å². The van der Waals surface area contributed by atoms with Crippen molar-refractivity contribution in [1.82, 2.24) is 0 Å². The molecule has 1 heterocycles. The fourth-order valence-corrected chi connectivity index (χ4v) is 1.72. The molecule has 1 aromatic rings. The SMILES string of the molecule is N[C@@H](CO)c1ccsc1CO. The molecule has 0 amide bonds. The van der Waals surface area contributed by atoms with E-state index in [1.807, 2.05) is 11.4 Å². The highest BCUT2D eigenvalue weighted by atomic mass is 32.1. The van der Waals surface area contributed by atoms with Gasteiger partial charge in [0.1, 0.15) is 0 Å². The van der Waals surface area contributed by atoms with Crippen molar-refractivity contribution in [2.24, 2.45) is 5.73 Å². The Kier molecular flexibility index (Phi) is 3.02. The number of nitrogens with two attached hydrogens (primary N) is 1. The smallest absolute Gasteiger partial charge is 0.0777 e. The second-order valence-electron chi connectivity index (χ2n) is 2.25. The van der Waals surface area contributed by atoms with Gasteiger partial charge in [-0.25, -0.2) is 0 Å². The molecule has 0 unspecified atom stereocenters. The van der Waals surface area contributed by atoms with Crippen LogP contribution < -0.4 is 5.73 Å². The average molecular weight is 173 g/mol. The lowest BCUT2D eigenvalue weighted by molar-refractivity contribution is 0.261. The van der Waals surface area contributed by atoms with E-state index in [1.165, 1.54) is 11.3 Å². The van der Waals surface area contributed by atoms with Crippen LogP contribution >= 0.6 is 11.3 Å². The summed E-state index contributed by atoms with van der Waals surface area (Å²) < 4.78 is 0. The van der Waals surface area contributed by atoms with Crippen LogP contribution in [0.25, 0.3) is 0 Å². The Balaban J connectivity index is 2.83. The Hall–Kier alpha value is -0.420. The monoisotopic (exact) mass is 173 g/mol. The molecule has 0 spiro atoms. The number of aliphatic hydroxyl groups is 2. The lowest BCUT2D eigenvalue weighted by Crippen LogP contribution is -2.14. The quantitative estimate of drug-likeness (QED) is 0.613. The Bertz CT molecular complexity index is 224. The minimum atomic E-state index is -0.358. The lowest BCUT2D eigenvalue weighted by atomic mass is 10.1. The highest BCUT2D eigenvalue weighted by Gasteiger charge is 2.09. The third kappa shape index (κ3) is 1.78. The van der Waals surface area contributed by atoms with Gasteiger partial charge in [0.2, 0.25) is 0 Å².